The maximum Gasteiger partial charge on any atom is 0.326 e. The van der Waals surface area contributed by atoms with E-state index in [0.717, 1.165) is 25.8 Å². The molecule has 0 heterocycles. The van der Waals surface area contributed by atoms with Gasteiger partial charge < -0.3 is 10.1 Å². The Morgan fingerprint density at radius 3 is 2.44 bits per heavy atom. The van der Waals surface area contributed by atoms with Crippen LogP contribution in [0.3, 0.4) is 0 Å². The quantitative estimate of drug-likeness (QED) is 0.785. The zero-order valence-electron chi connectivity index (χ0n) is 12.8. The average molecular weight is 255 g/mol. The Hall–Kier alpha value is -0.570. The fraction of sp³-hybridized carbons (Fsp3) is 0.933. The van der Waals surface area contributed by atoms with Crippen LogP contribution in [0.25, 0.3) is 0 Å². The molecule has 0 bridgehead atoms. The summed E-state index contributed by atoms with van der Waals surface area (Å²) in [5, 5.41) is 3.50. The molecule has 2 atom stereocenters. The minimum atomic E-state index is -0.478. The van der Waals surface area contributed by atoms with Crippen molar-refractivity contribution in [3.63, 3.8) is 0 Å². The molecule has 1 rings (SSSR count). The number of esters is 1. The van der Waals surface area contributed by atoms with Gasteiger partial charge in [-0.15, -0.1) is 0 Å². The Morgan fingerprint density at radius 1 is 1.39 bits per heavy atom. The van der Waals surface area contributed by atoms with Gasteiger partial charge in [-0.1, -0.05) is 34.6 Å². The van der Waals surface area contributed by atoms with Gasteiger partial charge in [0.25, 0.3) is 0 Å². The zero-order chi connectivity index (χ0) is 14.0. The van der Waals surface area contributed by atoms with Crippen molar-refractivity contribution in [2.24, 2.45) is 17.3 Å². The van der Waals surface area contributed by atoms with Crippen LogP contribution in [0.5, 0.6) is 0 Å². The first-order valence-electron chi connectivity index (χ1n) is 7.07. The van der Waals surface area contributed by atoms with E-state index >= 15 is 0 Å². The summed E-state index contributed by atoms with van der Waals surface area (Å²) in [6.45, 7) is 11.9. The monoisotopic (exact) mass is 255 g/mol. The Kier molecular flexibility index (Phi) is 4.82. The van der Waals surface area contributed by atoms with Crippen molar-refractivity contribution in [2.75, 3.05) is 13.7 Å². The SMILES string of the molecule is COC(=O)C1(NCC(C)C)CCC(C)(C)CC1C. The number of nitrogens with one attached hydrogen (secondary N) is 1. The first-order valence-corrected chi connectivity index (χ1v) is 7.07. The van der Waals surface area contributed by atoms with Gasteiger partial charge in [0.05, 0.1) is 7.11 Å². The first-order chi connectivity index (χ1) is 8.23. The van der Waals surface area contributed by atoms with E-state index in [4.69, 9.17) is 4.74 Å². The third-order valence-electron chi connectivity index (χ3n) is 4.27. The van der Waals surface area contributed by atoms with Crippen LogP contribution in [-0.2, 0) is 9.53 Å². The average Bonchev–Trinajstić information content (AvgIpc) is 2.26. The summed E-state index contributed by atoms with van der Waals surface area (Å²) >= 11 is 0. The highest BCUT2D eigenvalue weighted by Crippen LogP contribution is 2.44. The summed E-state index contributed by atoms with van der Waals surface area (Å²) in [4.78, 5) is 12.2. The van der Waals surface area contributed by atoms with E-state index in [2.05, 4.69) is 39.9 Å². The second kappa shape index (κ2) is 5.60. The van der Waals surface area contributed by atoms with Gasteiger partial charge in [-0.3, -0.25) is 4.79 Å². The fourth-order valence-corrected chi connectivity index (χ4v) is 3.09. The van der Waals surface area contributed by atoms with Crippen molar-refractivity contribution >= 4 is 5.97 Å². The Bertz CT molecular complexity index is 295. The Balaban J connectivity index is 2.88. The van der Waals surface area contributed by atoms with Crippen molar-refractivity contribution in [3.8, 4) is 0 Å². The van der Waals surface area contributed by atoms with E-state index in [1.807, 2.05) is 0 Å². The Morgan fingerprint density at radius 2 is 2.00 bits per heavy atom. The van der Waals surface area contributed by atoms with Crippen LogP contribution >= 0.6 is 0 Å². The minimum absolute atomic E-state index is 0.0915. The highest BCUT2D eigenvalue weighted by molar-refractivity contribution is 5.81. The normalized spacial score (nSPS) is 31.4. The largest absolute Gasteiger partial charge is 0.468 e. The molecule has 0 saturated heterocycles. The topological polar surface area (TPSA) is 38.3 Å². The molecule has 18 heavy (non-hydrogen) atoms. The van der Waals surface area contributed by atoms with E-state index in [1.54, 1.807) is 0 Å². The summed E-state index contributed by atoms with van der Waals surface area (Å²) in [6.07, 6.45) is 3.01. The molecule has 3 nitrogen and oxygen atoms in total. The molecule has 0 aliphatic heterocycles. The lowest BCUT2D eigenvalue weighted by atomic mass is 9.63. The van der Waals surface area contributed by atoms with Gasteiger partial charge in [-0.25, -0.2) is 0 Å². The number of carbonyl (C=O) groups is 1. The number of methoxy groups -OCH3 is 1. The molecule has 0 radical (unpaired) electrons. The predicted octanol–water partition coefficient (Wildman–Crippen LogP) is 2.99. The first kappa shape index (κ1) is 15.5. The van der Waals surface area contributed by atoms with Crippen LogP contribution in [0, 0.1) is 17.3 Å². The van der Waals surface area contributed by atoms with Crippen LogP contribution in [0.1, 0.15) is 53.9 Å². The molecule has 0 aromatic heterocycles. The predicted molar refractivity (Wildman–Crippen MR) is 74.4 cm³/mol. The van der Waals surface area contributed by atoms with Crippen LogP contribution in [-0.4, -0.2) is 25.2 Å². The minimum Gasteiger partial charge on any atom is -0.468 e. The molecule has 0 aromatic carbocycles. The van der Waals surface area contributed by atoms with Gasteiger partial charge in [0.1, 0.15) is 5.54 Å². The van der Waals surface area contributed by atoms with E-state index in [0.29, 0.717) is 17.3 Å². The van der Waals surface area contributed by atoms with Gasteiger partial charge in [0.15, 0.2) is 0 Å². The van der Waals surface area contributed by atoms with E-state index in [9.17, 15) is 4.79 Å². The lowest BCUT2D eigenvalue weighted by Crippen LogP contribution is -2.61. The summed E-state index contributed by atoms with van der Waals surface area (Å²) in [5.41, 5.74) is -0.148. The van der Waals surface area contributed by atoms with Gasteiger partial charge in [-0.2, -0.15) is 0 Å². The molecule has 0 amide bonds. The van der Waals surface area contributed by atoms with E-state index < -0.39 is 5.54 Å². The number of rotatable bonds is 4. The molecular weight excluding hydrogens is 226 g/mol. The molecular formula is C15H29NO2. The molecule has 1 aliphatic carbocycles. The van der Waals surface area contributed by atoms with Crippen molar-refractivity contribution in [3.05, 3.63) is 0 Å². The number of ether oxygens (including phenoxy) is 1. The van der Waals surface area contributed by atoms with Crippen molar-refractivity contribution in [1.82, 2.24) is 5.32 Å². The highest BCUT2D eigenvalue weighted by Gasteiger charge is 2.49. The number of hydrogen-bond donors (Lipinski definition) is 1. The summed E-state index contributed by atoms with van der Waals surface area (Å²) in [7, 11) is 1.49. The fourth-order valence-electron chi connectivity index (χ4n) is 3.09. The molecule has 106 valence electrons. The maximum absolute atomic E-state index is 12.2. The second-order valence-corrected chi connectivity index (χ2v) is 7.01. The third-order valence-corrected chi connectivity index (χ3v) is 4.27. The van der Waals surface area contributed by atoms with Crippen molar-refractivity contribution in [2.45, 2.75) is 59.4 Å². The van der Waals surface area contributed by atoms with Crippen molar-refractivity contribution in [1.29, 1.82) is 0 Å². The lowest BCUT2D eigenvalue weighted by Gasteiger charge is -2.47. The van der Waals surface area contributed by atoms with E-state index in [1.165, 1.54) is 7.11 Å². The van der Waals surface area contributed by atoms with Crippen LogP contribution in [0.4, 0.5) is 0 Å². The summed E-state index contributed by atoms with van der Waals surface area (Å²) < 4.78 is 5.06. The van der Waals surface area contributed by atoms with Crippen LogP contribution in [0.2, 0.25) is 0 Å². The van der Waals surface area contributed by atoms with Gasteiger partial charge >= 0.3 is 5.97 Å². The van der Waals surface area contributed by atoms with Gasteiger partial charge in [0.2, 0.25) is 0 Å². The molecule has 0 aromatic rings. The Labute approximate surface area is 112 Å². The highest BCUT2D eigenvalue weighted by atomic mass is 16.5. The zero-order valence-corrected chi connectivity index (χ0v) is 12.8. The summed E-state index contributed by atoms with van der Waals surface area (Å²) in [6, 6.07) is 0. The van der Waals surface area contributed by atoms with Crippen LogP contribution < -0.4 is 5.32 Å². The molecule has 2 unspecified atom stereocenters. The molecule has 1 N–H and O–H groups in total. The van der Waals surface area contributed by atoms with Gasteiger partial charge in [-0.05, 0) is 43.1 Å². The standard InChI is InChI=1S/C15H29NO2/c1-11(2)10-16-15(13(17)18-6)8-7-14(4,5)9-12(15)3/h11-12,16H,7-10H2,1-6H3. The van der Waals surface area contributed by atoms with E-state index in [-0.39, 0.29) is 5.97 Å². The maximum atomic E-state index is 12.2. The molecule has 1 saturated carbocycles. The molecule has 1 aliphatic rings. The number of hydrogen-bond acceptors (Lipinski definition) is 3. The summed E-state index contributed by atoms with van der Waals surface area (Å²) in [5.74, 6) is 0.757. The smallest absolute Gasteiger partial charge is 0.326 e. The second-order valence-electron chi connectivity index (χ2n) is 7.01. The van der Waals surface area contributed by atoms with Crippen molar-refractivity contribution < 1.29 is 9.53 Å². The lowest BCUT2D eigenvalue weighted by molar-refractivity contribution is -0.154. The third kappa shape index (κ3) is 3.25. The van der Waals surface area contributed by atoms with Crippen LogP contribution in [0.15, 0.2) is 0 Å². The number of carbonyl (C=O) groups excluding carboxylic acids is 1. The molecule has 3 heteroatoms. The molecule has 0 spiro atoms. The van der Waals surface area contributed by atoms with Gasteiger partial charge in [0, 0.05) is 0 Å². The molecule has 1 fully saturated rings.